The van der Waals surface area contributed by atoms with E-state index in [1.807, 2.05) is 24.3 Å². The van der Waals surface area contributed by atoms with E-state index in [9.17, 15) is 5.26 Å². The number of rotatable bonds is 3. The van der Waals surface area contributed by atoms with Crippen LogP contribution in [-0.4, -0.2) is 35.1 Å². The van der Waals surface area contributed by atoms with E-state index in [1.165, 1.54) is 12.8 Å². The van der Waals surface area contributed by atoms with Crippen molar-refractivity contribution in [1.82, 2.24) is 14.9 Å². The van der Waals surface area contributed by atoms with Gasteiger partial charge in [0.15, 0.2) is 12.0 Å². The topological polar surface area (TPSA) is 65.3 Å². The Morgan fingerprint density at radius 1 is 1.12 bits per heavy atom. The van der Waals surface area contributed by atoms with Gasteiger partial charge in [0, 0.05) is 18.7 Å². The Kier molecular flexibility index (Phi) is 3.69. The van der Waals surface area contributed by atoms with Crippen molar-refractivity contribution in [3.8, 4) is 23.3 Å². The number of methoxy groups -OCH3 is 1. The maximum atomic E-state index is 9.26. The summed E-state index contributed by atoms with van der Waals surface area (Å²) >= 11 is 0. The second-order valence-electron chi connectivity index (χ2n) is 6.15. The predicted molar refractivity (Wildman–Crippen MR) is 90.3 cm³/mol. The second kappa shape index (κ2) is 6.00. The molecule has 0 atom stereocenters. The van der Waals surface area contributed by atoms with Gasteiger partial charge in [-0.05, 0) is 25.0 Å². The van der Waals surface area contributed by atoms with Gasteiger partial charge in [-0.2, -0.15) is 5.26 Å². The molecular formula is C18H19N5O. The zero-order valence-electron chi connectivity index (χ0n) is 13.7. The van der Waals surface area contributed by atoms with E-state index in [0.717, 1.165) is 41.5 Å². The van der Waals surface area contributed by atoms with E-state index >= 15 is 0 Å². The van der Waals surface area contributed by atoms with Crippen molar-refractivity contribution in [2.24, 2.45) is 0 Å². The van der Waals surface area contributed by atoms with Gasteiger partial charge in [-0.25, -0.2) is 9.97 Å². The molecule has 0 bridgehead atoms. The van der Waals surface area contributed by atoms with Gasteiger partial charge < -0.3 is 14.5 Å². The van der Waals surface area contributed by atoms with Crippen molar-refractivity contribution in [3.05, 3.63) is 35.5 Å². The van der Waals surface area contributed by atoms with Crippen LogP contribution in [-0.2, 0) is 13.1 Å². The van der Waals surface area contributed by atoms with Crippen LogP contribution in [0.5, 0.6) is 5.75 Å². The molecule has 1 saturated heterocycles. The molecule has 2 aromatic rings. The first kappa shape index (κ1) is 14.8. The molecule has 0 N–H and O–H groups in total. The lowest BCUT2D eigenvalue weighted by Gasteiger charge is -2.20. The summed E-state index contributed by atoms with van der Waals surface area (Å²) in [6, 6.07) is 7.80. The number of fused-ring (bicyclic) bond motifs is 1. The number of nitrogens with zero attached hydrogens (tertiary/aromatic N) is 5. The SMILES string of the molecule is COc1ccccc1-c1nc2c(c(N3CCCC3)n1)CN(C#N)C2. The number of nitriles is 1. The number of hydrogen-bond donors (Lipinski definition) is 0. The monoisotopic (exact) mass is 321 g/mol. The highest BCUT2D eigenvalue weighted by molar-refractivity contribution is 5.67. The van der Waals surface area contributed by atoms with Gasteiger partial charge in [-0.15, -0.1) is 0 Å². The summed E-state index contributed by atoms with van der Waals surface area (Å²) in [7, 11) is 1.66. The van der Waals surface area contributed by atoms with Crippen molar-refractivity contribution in [2.75, 3.05) is 25.1 Å². The minimum atomic E-state index is 0.553. The van der Waals surface area contributed by atoms with Crippen LogP contribution in [0.25, 0.3) is 11.4 Å². The Morgan fingerprint density at radius 3 is 2.67 bits per heavy atom. The number of para-hydroxylation sites is 1. The summed E-state index contributed by atoms with van der Waals surface area (Å²) in [5.74, 6) is 2.42. The number of ether oxygens (including phenoxy) is 1. The zero-order valence-corrected chi connectivity index (χ0v) is 13.7. The minimum Gasteiger partial charge on any atom is -0.496 e. The molecule has 4 rings (SSSR count). The molecule has 2 aliphatic heterocycles. The lowest BCUT2D eigenvalue weighted by Crippen LogP contribution is -2.22. The average molecular weight is 321 g/mol. The van der Waals surface area contributed by atoms with Gasteiger partial charge in [0.05, 0.1) is 31.5 Å². The molecule has 1 aromatic carbocycles. The van der Waals surface area contributed by atoms with Gasteiger partial charge in [-0.1, -0.05) is 12.1 Å². The van der Waals surface area contributed by atoms with Crippen molar-refractivity contribution >= 4 is 5.82 Å². The maximum Gasteiger partial charge on any atom is 0.180 e. The maximum absolute atomic E-state index is 9.26. The summed E-state index contributed by atoms with van der Waals surface area (Å²) in [5, 5.41) is 9.26. The van der Waals surface area contributed by atoms with Crippen molar-refractivity contribution in [3.63, 3.8) is 0 Å². The summed E-state index contributed by atoms with van der Waals surface area (Å²) in [4.78, 5) is 13.7. The lowest BCUT2D eigenvalue weighted by molar-refractivity contribution is 0.414. The molecule has 6 nitrogen and oxygen atoms in total. The summed E-state index contributed by atoms with van der Waals surface area (Å²) in [6.45, 7) is 3.18. The van der Waals surface area contributed by atoms with Crippen LogP contribution in [0.1, 0.15) is 24.1 Å². The normalized spacial score (nSPS) is 16.2. The first-order valence-corrected chi connectivity index (χ1v) is 8.23. The minimum absolute atomic E-state index is 0.553. The van der Waals surface area contributed by atoms with Gasteiger partial charge in [0.25, 0.3) is 0 Å². The molecule has 2 aliphatic rings. The van der Waals surface area contributed by atoms with Crippen LogP contribution >= 0.6 is 0 Å². The van der Waals surface area contributed by atoms with Gasteiger partial charge in [0.2, 0.25) is 0 Å². The van der Waals surface area contributed by atoms with Gasteiger partial charge in [-0.3, -0.25) is 0 Å². The molecule has 122 valence electrons. The fourth-order valence-electron chi connectivity index (χ4n) is 3.45. The zero-order chi connectivity index (χ0) is 16.5. The third-order valence-corrected chi connectivity index (χ3v) is 4.66. The molecule has 1 aromatic heterocycles. The van der Waals surface area contributed by atoms with Crippen LogP contribution in [0.4, 0.5) is 5.82 Å². The largest absolute Gasteiger partial charge is 0.496 e. The Hall–Kier alpha value is -2.81. The first-order chi connectivity index (χ1) is 11.8. The number of benzene rings is 1. The number of anilines is 1. The molecule has 0 amide bonds. The van der Waals surface area contributed by atoms with Crippen molar-refractivity contribution in [1.29, 1.82) is 5.26 Å². The smallest absolute Gasteiger partial charge is 0.180 e. The molecule has 6 heteroatoms. The average Bonchev–Trinajstić information content (AvgIpc) is 3.30. The van der Waals surface area contributed by atoms with Gasteiger partial charge in [0.1, 0.15) is 11.6 Å². The van der Waals surface area contributed by atoms with E-state index in [-0.39, 0.29) is 0 Å². The van der Waals surface area contributed by atoms with Crippen LogP contribution in [0, 0.1) is 11.5 Å². The molecule has 0 aliphatic carbocycles. The predicted octanol–water partition coefficient (Wildman–Crippen LogP) is 2.55. The number of aromatic nitrogens is 2. The molecule has 3 heterocycles. The summed E-state index contributed by atoms with van der Waals surface area (Å²) < 4.78 is 5.47. The fraction of sp³-hybridized carbons (Fsp3) is 0.389. The quantitative estimate of drug-likeness (QED) is 0.810. The Labute approximate surface area is 141 Å². The highest BCUT2D eigenvalue weighted by Gasteiger charge is 2.29. The van der Waals surface area contributed by atoms with E-state index in [2.05, 4.69) is 11.1 Å². The first-order valence-electron chi connectivity index (χ1n) is 8.23. The van der Waals surface area contributed by atoms with Crippen LogP contribution in [0.2, 0.25) is 0 Å². The highest BCUT2D eigenvalue weighted by atomic mass is 16.5. The number of hydrogen-bond acceptors (Lipinski definition) is 6. The molecule has 0 spiro atoms. The molecule has 0 saturated carbocycles. The van der Waals surface area contributed by atoms with Crippen molar-refractivity contribution < 1.29 is 4.74 Å². The molecule has 24 heavy (non-hydrogen) atoms. The molecule has 0 radical (unpaired) electrons. The fourth-order valence-corrected chi connectivity index (χ4v) is 3.45. The molecule has 1 fully saturated rings. The Morgan fingerprint density at radius 2 is 1.92 bits per heavy atom. The highest BCUT2D eigenvalue weighted by Crippen LogP contribution is 2.35. The van der Waals surface area contributed by atoms with E-state index in [0.29, 0.717) is 18.9 Å². The van der Waals surface area contributed by atoms with E-state index in [1.54, 1.807) is 12.0 Å². The Bertz CT molecular complexity index is 808. The standard InChI is InChI=1S/C18H19N5O/c1-24-16-7-3-2-6-13(16)17-20-15-11-22(12-19)10-14(15)18(21-17)23-8-4-5-9-23/h2-3,6-7H,4-5,8-11H2,1H3. The van der Waals surface area contributed by atoms with Crippen LogP contribution in [0.3, 0.4) is 0 Å². The third kappa shape index (κ3) is 2.42. The van der Waals surface area contributed by atoms with Crippen LogP contribution in [0.15, 0.2) is 24.3 Å². The summed E-state index contributed by atoms with van der Waals surface area (Å²) in [5.41, 5.74) is 2.94. The van der Waals surface area contributed by atoms with E-state index < -0.39 is 0 Å². The lowest BCUT2D eigenvalue weighted by atomic mass is 10.1. The Balaban J connectivity index is 1.85. The molecule has 0 unspecified atom stereocenters. The van der Waals surface area contributed by atoms with E-state index in [4.69, 9.17) is 14.7 Å². The summed E-state index contributed by atoms with van der Waals surface area (Å²) in [6.07, 6.45) is 4.60. The second-order valence-corrected chi connectivity index (χ2v) is 6.15. The van der Waals surface area contributed by atoms with Crippen LogP contribution < -0.4 is 9.64 Å². The van der Waals surface area contributed by atoms with Gasteiger partial charge >= 0.3 is 0 Å². The third-order valence-electron chi connectivity index (χ3n) is 4.66. The molecular weight excluding hydrogens is 302 g/mol. The van der Waals surface area contributed by atoms with Crippen molar-refractivity contribution in [2.45, 2.75) is 25.9 Å².